The summed E-state index contributed by atoms with van der Waals surface area (Å²) >= 11 is 0. The number of nitrogens with one attached hydrogen (secondary N) is 1. The first-order valence-corrected chi connectivity index (χ1v) is 17.3. The summed E-state index contributed by atoms with van der Waals surface area (Å²) in [6, 6.07) is 3.39. The Kier molecular flexibility index (Phi) is 10.6. The van der Waals surface area contributed by atoms with Crippen molar-refractivity contribution in [3.63, 3.8) is 0 Å². The number of benzene rings is 1. The molecule has 3 aliphatic carbocycles. The average molecular weight is 767 g/mol. The monoisotopic (exact) mass is 766 g/mol. The quantitative estimate of drug-likeness (QED) is 0.0913. The first kappa shape index (κ1) is 40.3. The predicted molar refractivity (Wildman–Crippen MR) is 196 cm³/mol. The van der Waals surface area contributed by atoms with Crippen LogP contribution in [0.3, 0.4) is 0 Å². The molecule has 18 heteroatoms. The fourth-order valence-corrected chi connectivity index (χ4v) is 7.65. The van der Waals surface area contributed by atoms with Gasteiger partial charge in [-0.05, 0) is 77.4 Å². The van der Waals surface area contributed by atoms with E-state index in [1.807, 2.05) is 0 Å². The molecule has 1 aromatic carbocycles. The number of rotatable bonds is 9. The molecule has 55 heavy (non-hydrogen) atoms. The molecule has 18 nitrogen and oxygen atoms in total. The molecule has 5 rings (SSSR count). The number of aromatic nitrogens is 1. The number of carbonyl (C=O) groups excluding carboxylic acids is 6. The zero-order chi connectivity index (χ0) is 41.1. The highest BCUT2D eigenvalue weighted by atomic mass is 16.7. The van der Waals surface area contributed by atoms with Crippen LogP contribution in [0, 0.1) is 11.8 Å². The van der Waals surface area contributed by atoms with Crippen molar-refractivity contribution in [2.24, 2.45) is 24.6 Å². The van der Waals surface area contributed by atoms with Crippen LogP contribution in [0.5, 0.6) is 5.75 Å². The van der Waals surface area contributed by atoms with Gasteiger partial charge in [-0.15, -0.1) is 0 Å². The highest BCUT2D eigenvalue weighted by Gasteiger charge is 2.64. The molecule has 0 spiro atoms. The van der Waals surface area contributed by atoms with Crippen LogP contribution in [-0.2, 0) is 42.1 Å². The Morgan fingerprint density at radius 3 is 2.27 bits per heavy atom. The number of ketones is 2. The number of ether oxygens (including phenoxy) is 2. The van der Waals surface area contributed by atoms with Crippen molar-refractivity contribution in [1.29, 1.82) is 0 Å². The molecule has 1 aromatic heterocycles. The molecular formula is C37H46N6O12. The minimum absolute atomic E-state index is 0.0299. The third kappa shape index (κ3) is 6.86. The summed E-state index contributed by atoms with van der Waals surface area (Å²) in [4.78, 5) is 83.0. The molecule has 0 unspecified atom stereocenters. The topological polar surface area (TPSA) is 254 Å². The second-order valence-corrected chi connectivity index (χ2v) is 15.3. The van der Waals surface area contributed by atoms with Crippen molar-refractivity contribution in [1.82, 2.24) is 14.4 Å². The lowest BCUT2D eigenvalue weighted by Gasteiger charge is -2.50. The number of carbonyl (C=O) groups is 6. The number of anilines is 2. The van der Waals surface area contributed by atoms with Gasteiger partial charge in [0.15, 0.2) is 11.4 Å². The van der Waals surface area contributed by atoms with Crippen LogP contribution in [0.1, 0.15) is 48.8 Å². The molecule has 0 bridgehead atoms. The van der Waals surface area contributed by atoms with Gasteiger partial charge in [0.05, 0.1) is 17.3 Å². The zero-order valence-electron chi connectivity index (χ0n) is 31.8. The van der Waals surface area contributed by atoms with E-state index in [1.165, 1.54) is 35.7 Å². The number of aliphatic hydroxyl groups excluding tert-OH is 2. The van der Waals surface area contributed by atoms with E-state index in [1.54, 1.807) is 59.1 Å². The van der Waals surface area contributed by atoms with E-state index in [9.17, 15) is 49.2 Å². The largest absolute Gasteiger partial charge is 0.508 e. The molecule has 2 aromatic rings. The lowest BCUT2D eigenvalue weighted by Crippen LogP contribution is -2.65. The second kappa shape index (κ2) is 14.4. The Hall–Kier alpha value is -5.88. The van der Waals surface area contributed by atoms with Crippen LogP contribution in [0.25, 0.3) is 5.76 Å². The summed E-state index contributed by atoms with van der Waals surface area (Å²) in [5.41, 5.74) is 0.929. The minimum Gasteiger partial charge on any atom is -0.508 e. The maximum absolute atomic E-state index is 14.3. The number of aryl methyl sites for hydroxylation is 1. The number of likely N-dealkylation sites (N-methyl/N-ethyl adjacent to an activating group) is 1. The number of primary amides is 1. The number of esters is 1. The highest BCUT2D eigenvalue weighted by molar-refractivity contribution is 6.24. The second-order valence-electron chi connectivity index (χ2n) is 15.3. The van der Waals surface area contributed by atoms with E-state index < -0.39 is 101 Å². The number of aromatic hydroxyl groups is 1. The summed E-state index contributed by atoms with van der Waals surface area (Å²) in [5.74, 6) is -9.55. The van der Waals surface area contributed by atoms with Gasteiger partial charge < -0.3 is 50.4 Å². The third-order valence-corrected chi connectivity index (χ3v) is 10.3. The average Bonchev–Trinajstić information content (AvgIpc) is 3.51. The zero-order valence-corrected chi connectivity index (χ0v) is 31.8. The molecule has 7 N–H and O–H groups in total. The van der Waals surface area contributed by atoms with Gasteiger partial charge in [0.1, 0.15) is 35.1 Å². The lowest BCUT2D eigenvalue weighted by atomic mass is 9.57. The highest BCUT2D eigenvalue weighted by Crippen LogP contribution is 2.54. The lowest BCUT2D eigenvalue weighted by molar-refractivity contribution is -0.153. The summed E-state index contributed by atoms with van der Waals surface area (Å²) < 4.78 is 11.7. The Morgan fingerprint density at radius 1 is 1.07 bits per heavy atom. The number of phenols is 1. The molecule has 1 saturated carbocycles. The molecule has 296 valence electrons. The van der Waals surface area contributed by atoms with E-state index in [0.717, 1.165) is 4.90 Å². The normalized spacial score (nSPS) is 22.1. The molecule has 1 fully saturated rings. The van der Waals surface area contributed by atoms with E-state index in [4.69, 9.17) is 15.2 Å². The van der Waals surface area contributed by atoms with Gasteiger partial charge in [-0.1, -0.05) is 0 Å². The molecule has 0 radical (unpaired) electrons. The van der Waals surface area contributed by atoms with Crippen molar-refractivity contribution >= 4 is 52.6 Å². The number of Topliss-reactive ketones (excluding diaryl/α,β-unsaturated/α-hetero) is 2. The van der Waals surface area contributed by atoms with Crippen molar-refractivity contribution < 1.29 is 58.7 Å². The molecular weight excluding hydrogens is 720 g/mol. The minimum atomic E-state index is -2.82. The summed E-state index contributed by atoms with van der Waals surface area (Å²) in [6.45, 7) is 3.59. The van der Waals surface area contributed by atoms with E-state index in [2.05, 4.69) is 5.32 Å². The van der Waals surface area contributed by atoms with E-state index in [0.29, 0.717) is 11.3 Å². The SMILES string of the molecule is CN(C)c1cc(NC(=O)CN(C(=O)OCOC(=O)c2cccn2C)C(C)(C)C)c(O)c2c1C[C@H]1C[C@H]3[C@H](N(C)C)C(=O)C(C(N)=O)=C(O)[C@@]3(O)C(=O)C1=C2O. The smallest absolute Gasteiger partial charge is 0.413 e. The number of amides is 3. The molecule has 4 atom stereocenters. The fraction of sp³-hybridized carbons (Fsp3) is 0.459. The number of hydrogen-bond donors (Lipinski definition) is 6. The van der Waals surface area contributed by atoms with Crippen molar-refractivity contribution in [3.8, 4) is 5.75 Å². The van der Waals surface area contributed by atoms with Crippen LogP contribution < -0.4 is 16.0 Å². The van der Waals surface area contributed by atoms with E-state index >= 15 is 0 Å². The summed E-state index contributed by atoms with van der Waals surface area (Å²) in [5, 5.41) is 48.9. The standard InChI is InChI=1S/C37H46N6O12/c1-36(2,3)43(35(52)55-16-54-34(51)21-10-9-11-42(21)8)15-23(44)39-20-14-22(40(4)5)18-12-17-13-19-27(41(6)7)30(47)26(33(38)50)32(49)37(19,53)31(48)24(17)29(46)25(18)28(20)45/h9-11,14,17,19,27,45-46,49,53H,12-13,15-16H2,1-8H3,(H2,38,50)(H,39,44)/t17-,19-,27-,37-/m0/s1. The summed E-state index contributed by atoms with van der Waals surface area (Å²) in [6.07, 6.45) is 0.592. The van der Waals surface area contributed by atoms with Gasteiger partial charge in [-0.2, -0.15) is 0 Å². The third-order valence-electron chi connectivity index (χ3n) is 10.3. The number of aliphatic hydroxyl groups is 3. The summed E-state index contributed by atoms with van der Waals surface area (Å²) in [7, 11) is 8.02. The predicted octanol–water partition coefficient (Wildman–Crippen LogP) is 1.36. The molecule has 0 saturated heterocycles. The Balaban J connectivity index is 1.47. The maximum atomic E-state index is 14.3. The Morgan fingerprint density at radius 2 is 1.73 bits per heavy atom. The van der Waals surface area contributed by atoms with Gasteiger partial charge in [-0.3, -0.25) is 29.0 Å². The van der Waals surface area contributed by atoms with Crippen molar-refractivity contribution in [2.75, 3.05) is 51.7 Å². The van der Waals surface area contributed by atoms with Crippen LogP contribution in [0.4, 0.5) is 16.2 Å². The molecule has 0 aliphatic heterocycles. The van der Waals surface area contributed by atoms with Crippen molar-refractivity contribution in [2.45, 2.75) is 50.8 Å². The first-order valence-electron chi connectivity index (χ1n) is 17.3. The van der Waals surface area contributed by atoms with Gasteiger partial charge in [-0.25, -0.2) is 9.59 Å². The molecule has 1 heterocycles. The van der Waals surface area contributed by atoms with Crippen LogP contribution in [0.2, 0.25) is 0 Å². The van der Waals surface area contributed by atoms with Gasteiger partial charge in [0, 0.05) is 50.1 Å². The number of hydrogen-bond acceptors (Lipinski definition) is 14. The number of nitrogens with zero attached hydrogens (tertiary/aromatic N) is 4. The number of nitrogens with two attached hydrogens (primary N) is 1. The van der Waals surface area contributed by atoms with Gasteiger partial charge in [0.2, 0.25) is 18.5 Å². The Bertz CT molecular complexity index is 2060. The number of phenolic OH excluding ortho intramolecular Hbond substituents is 1. The fourth-order valence-electron chi connectivity index (χ4n) is 7.65. The van der Waals surface area contributed by atoms with Gasteiger partial charge >= 0.3 is 12.1 Å². The number of fused-ring (bicyclic) bond motifs is 3. The van der Waals surface area contributed by atoms with Crippen LogP contribution >= 0.6 is 0 Å². The van der Waals surface area contributed by atoms with Crippen molar-refractivity contribution in [3.05, 3.63) is 58.1 Å². The molecule has 3 amide bonds. The first-order chi connectivity index (χ1) is 25.5. The van der Waals surface area contributed by atoms with Gasteiger partial charge in [0.25, 0.3) is 5.91 Å². The van der Waals surface area contributed by atoms with Crippen LogP contribution in [0.15, 0.2) is 41.3 Å². The maximum Gasteiger partial charge on any atom is 0.413 e. The molecule has 3 aliphatic rings. The van der Waals surface area contributed by atoms with Crippen LogP contribution in [-0.4, -0.2) is 129 Å². The Labute approximate surface area is 316 Å². The van der Waals surface area contributed by atoms with E-state index in [-0.39, 0.29) is 35.4 Å².